The third-order valence-electron chi connectivity index (χ3n) is 5.78. The molecule has 37 heavy (non-hydrogen) atoms. The Morgan fingerprint density at radius 1 is 1.03 bits per heavy atom. The normalized spacial score (nSPS) is 11.0. The number of carbonyl (C=O) groups is 1. The van der Waals surface area contributed by atoms with E-state index in [-0.39, 0.29) is 23.8 Å². The van der Waals surface area contributed by atoms with Crippen LogP contribution in [0.4, 0.5) is 5.82 Å². The van der Waals surface area contributed by atoms with Crippen molar-refractivity contribution in [1.29, 1.82) is 0 Å². The van der Waals surface area contributed by atoms with Gasteiger partial charge < -0.3 is 14.8 Å². The van der Waals surface area contributed by atoms with Crippen LogP contribution in [0.5, 0.6) is 11.5 Å². The molecule has 5 aromatic rings. The van der Waals surface area contributed by atoms with Crippen LogP contribution in [0.2, 0.25) is 0 Å². The number of hydrogen-bond donors (Lipinski definition) is 2. The lowest BCUT2D eigenvalue weighted by Crippen LogP contribution is -2.20. The summed E-state index contributed by atoms with van der Waals surface area (Å²) in [4.78, 5) is 33.2. The highest BCUT2D eigenvalue weighted by atomic mass is 16.5. The molecule has 0 atom stereocenters. The number of H-pyrrole nitrogens is 1. The maximum absolute atomic E-state index is 12.9. The van der Waals surface area contributed by atoms with Crippen LogP contribution in [-0.4, -0.2) is 49.7 Å². The first-order chi connectivity index (χ1) is 17.9. The second-order valence-corrected chi connectivity index (χ2v) is 8.52. The molecule has 0 aliphatic rings. The number of aromatic nitrogens is 6. The predicted octanol–water partition coefficient (Wildman–Crippen LogP) is 3.11. The summed E-state index contributed by atoms with van der Waals surface area (Å²) in [5.41, 5.74) is 3.21. The van der Waals surface area contributed by atoms with Crippen LogP contribution in [0, 0.1) is 13.8 Å². The maximum Gasteiger partial charge on any atom is 0.263 e. The van der Waals surface area contributed by atoms with E-state index in [1.165, 1.54) is 10.9 Å². The number of aryl methyl sites for hydroxylation is 2. The Bertz CT molecular complexity index is 1680. The van der Waals surface area contributed by atoms with Gasteiger partial charge in [0.15, 0.2) is 17.1 Å². The third kappa shape index (κ3) is 4.66. The van der Waals surface area contributed by atoms with Crippen LogP contribution in [0.1, 0.15) is 16.8 Å². The van der Waals surface area contributed by atoms with Gasteiger partial charge in [0, 0.05) is 6.07 Å². The van der Waals surface area contributed by atoms with Crippen molar-refractivity contribution in [1.82, 2.24) is 29.5 Å². The van der Waals surface area contributed by atoms with Crippen molar-refractivity contribution in [2.45, 2.75) is 20.3 Å². The number of carbonyl (C=O) groups excluding carboxylic acids is 1. The van der Waals surface area contributed by atoms with Crippen molar-refractivity contribution in [3.8, 4) is 23.1 Å². The SMILES string of the molecule is COc1ccc(CC(=O)Nc2cc(C)nn2-c2nc3c(cnn3-c3cccc(C)c3)c(=O)[nH]2)cc1OC. The molecule has 0 saturated heterocycles. The first-order valence-electron chi connectivity index (χ1n) is 11.5. The average molecular weight is 500 g/mol. The highest BCUT2D eigenvalue weighted by molar-refractivity contribution is 5.92. The number of aromatic amines is 1. The fourth-order valence-electron chi connectivity index (χ4n) is 4.07. The molecular weight excluding hydrogens is 474 g/mol. The maximum atomic E-state index is 12.9. The van der Waals surface area contributed by atoms with Crippen molar-refractivity contribution in [2.24, 2.45) is 0 Å². The Morgan fingerprint density at radius 3 is 2.59 bits per heavy atom. The Kier molecular flexibility index (Phi) is 6.18. The molecule has 0 aliphatic carbocycles. The van der Waals surface area contributed by atoms with Gasteiger partial charge in [0.2, 0.25) is 11.9 Å². The molecule has 0 bridgehead atoms. The zero-order chi connectivity index (χ0) is 26.1. The molecule has 0 radical (unpaired) electrons. The fraction of sp³-hybridized carbons (Fsp3) is 0.192. The lowest BCUT2D eigenvalue weighted by molar-refractivity contribution is -0.115. The Hall–Kier alpha value is -4.93. The van der Waals surface area contributed by atoms with Gasteiger partial charge in [-0.2, -0.15) is 19.9 Å². The topological polar surface area (TPSA) is 129 Å². The van der Waals surface area contributed by atoms with Gasteiger partial charge in [-0.05, 0) is 49.2 Å². The van der Waals surface area contributed by atoms with Crippen LogP contribution in [0.15, 0.2) is 59.5 Å². The number of nitrogens with zero attached hydrogens (tertiary/aromatic N) is 5. The highest BCUT2D eigenvalue weighted by Gasteiger charge is 2.17. The predicted molar refractivity (Wildman–Crippen MR) is 138 cm³/mol. The number of rotatable bonds is 7. The van der Waals surface area contributed by atoms with E-state index in [0.717, 1.165) is 16.8 Å². The minimum atomic E-state index is -0.366. The highest BCUT2D eigenvalue weighted by Crippen LogP contribution is 2.28. The van der Waals surface area contributed by atoms with Gasteiger partial charge in [-0.25, -0.2) is 4.68 Å². The van der Waals surface area contributed by atoms with E-state index in [1.807, 2.05) is 31.2 Å². The monoisotopic (exact) mass is 499 g/mol. The molecule has 3 aromatic heterocycles. The molecule has 1 amide bonds. The number of methoxy groups -OCH3 is 2. The molecule has 2 N–H and O–H groups in total. The van der Waals surface area contributed by atoms with Crippen molar-refractivity contribution in [3.05, 3.63) is 81.9 Å². The minimum absolute atomic E-state index is 0.0910. The van der Waals surface area contributed by atoms with Gasteiger partial charge in [-0.3, -0.25) is 14.6 Å². The zero-order valence-electron chi connectivity index (χ0n) is 20.8. The van der Waals surface area contributed by atoms with Crippen LogP contribution >= 0.6 is 0 Å². The smallest absolute Gasteiger partial charge is 0.263 e. The molecule has 2 aromatic carbocycles. The van der Waals surface area contributed by atoms with Gasteiger partial charge >= 0.3 is 0 Å². The van der Waals surface area contributed by atoms with Crippen LogP contribution < -0.4 is 20.3 Å². The number of anilines is 1. The van der Waals surface area contributed by atoms with Crippen molar-refractivity contribution in [3.63, 3.8) is 0 Å². The number of amides is 1. The molecule has 0 unspecified atom stereocenters. The first kappa shape index (κ1) is 23.8. The molecule has 0 saturated carbocycles. The van der Waals surface area contributed by atoms with Crippen molar-refractivity contribution >= 4 is 22.8 Å². The number of ether oxygens (including phenoxy) is 2. The average Bonchev–Trinajstić information content (AvgIpc) is 3.47. The summed E-state index contributed by atoms with van der Waals surface area (Å²) < 4.78 is 13.6. The number of fused-ring (bicyclic) bond motifs is 1. The van der Waals surface area contributed by atoms with E-state index >= 15 is 0 Å². The fourth-order valence-corrected chi connectivity index (χ4v) is 4.07. The number of benzene rings is 2. The lowest BCUT2D eigenvalue weighted by Gasteiger charge is -2.11. The van der Waals surface area contributed by atoms with E-state index in [9.17, 15) is 9.59 Å². The van der Waals surface area contributed by atoms with Crippen LogP contribution in [0.25, 0.3) is 22.7 Å². The molecule has 5 rings (SSSR count). The van der Waals surface area contributed by atoms with Crippen molar-refractivity contribution < 1.29 is 14.3 Å². The van der Waals surface area contributed by atoms with Crippen molar-refractivity contribution in [2.75, 3.05) is 19.5 Å². The molecule has 3 heterocycles. The standard InChI is InChI=1S/C26H25N7O4/c1-15-6-5-7-18(10-15)32-24-19(14-27-32)25(35)30-26(29-24)33-22(11-16(2)31-33)28-23(34)13-17-8-9-20(36-3)21(12-17)37-4/h5-12,14H,13H2,1-4H3,(H,28,34)(H,29,30,35). The van der Waals surface area contributed by atoms with Gasteiger partial charge in [0.05, 0.1) is 38.2 Å². The molecule has 0 fully saturated rings. The van der Waals surface area contributed by atoms with Gasteiger partial charge in [-0.15, -0.1) is 0 Å². The summed E-state index contributed by atoms with van der Waals surface area (Å²) in [6, 6.07) is 14.7. The summed E-state index contributed by atoms with van der Waals surface area (Å²) in [5.74, 6) is 1.36. The quantitative estimate of drug-likeness (QED) is 0.352. The Labute approximate surface area is 211 Å². The second-order valence-electron chi connectivity index (χ2n) is 8.52. The largest absolute Gasteiger partial charge is 0.493 e. The first-order valence-corrected chi connectivity index (χ1v) is 11.5. The van der Waals surface area contributed by atoms with E-state index < -0.39 is 0 Å². The molecular formula is C26H25N7O4. The van der Waals surface area contributed by atoms with E-state index in [2.05, 4.69) is 25.5 Å². The summed E-state index contributed by atoms with van der Waals surface area (Å²) in [7, 11) is 3.09. The second kappa shape index (κ2) is 9.61. The van der Waals surface area contributed by atoms with Crippen LogP contribution in [-0.2, 0) is 11.2 Å². The lowest BCUT2D eigenvalue weighted by atomic mass is 10.1. The summed E-state index contributed by atoms with van der Waals surface area (Å²) in [5, 5.41) is 12.0. The third-order valence-corrected chi connectivity index (χ3v) is 5.78. The Balaban J connectivity index is 1.48. The molecule has 11 nitrogen and oxygen atoms in total. The number of nitrogens with one attached hydrogen (secondary N) is 2. The summed E-state index contributed by atoms with van der Waals surface area (Å²) >= 11 is 0. The van der Waals surface area contributed by atoms with Gasteiger partial charge in [-0.1, -0.05) is 18.2 Å². The number of hydrogen-bond acceptors (Lipinski definition) is 7. The van der Waals surface area contributed by atoms with Crippen LogP contribution in [0.3, 0.4) is 0 Å². The van der Waals surface area contributed by atoms with E-state index in [4.69, 9.17) is 9.47 Å². The zero-order valence-corrected chi connectivity index (χ0v) is 20.8. The molecule has 188 valence electrons. The van der Waals surface area contributed by atoms with Gasteiger partial charge in [0.1, 0.15) is 11.2 Å². The van der Waals surface area contributed by atoms with E-state index in [0.29, 0.717) is 34.0 Å². The Morgan fingerprint density at radius 2 is 1.84 bits per heavy atom. The van der Waals surface area contributed by atoms with Gasteiger partial charge in [0.25, 0.3) is 5.56 Å². The molecule has 0 aliphatic heterocycles. The summed E-state index contributed by atoms with van der Waals surface area (Å²) in [6.07, 6.45) is 1.57. The molecule has 0 spiro atoms. The van der Waals surface area contributed by atoms with E-state index in [1.54, 1.807) is 50.1 Å². The molecule has 11 heteroatoms. The minimum Gasteiger partial charge on any atom is -0.493 e. The summed E-state index contributed by atoms with van der Waals surface area (Å²) in [6.45, 7) is 3.76.